The average Bonchev–Trinajstić information content (AvgIpc) is 3.27. The SMILES string of the molecule is Clc1ccc2ccc[n+](Cc3ccccc3)c2c1.Fc1c(F)c(F)c([B-](c2c(F)c(F)c(F)c(F)c2F)(c2c(F)c(F)c(F)c(F)c2F)c2c(F)c(F)c(F)c(F)c2F)c(F)c1F. The first-order chi connectivity index (χ1) is 29.5. The van der Waals surface area contributed by atoms with Crippen molar-refractivity contribution < 1.29 is 92.4 Å². The van der Waals surface area contributed by atoms with Gasteiger partial charge in [0.25, 0.3) is 0 Å². The molecule has 23 heteroatoms. The minimum atomic E-state index is -7.22. The highest BCUT2D eigenvalue weighted by Crippen LogP contribution is 2.31. The summed E-state index contributed by atoms with van der Waals surface area (Å²) in [5, 5.41) is 1.98. The van der Waals surface area contributed by atoms with Gasteiger partial charge in [0.2, 0.25) is 5.52 Å². The third-order valence-electron chi connectivity index (χ3n) is 9.75. The Hall–Kier alpha value is -6.32. The fraction of sp³-hybridized carbons (Fsp3) is 0.0250. The van der Waals surface area contributed by atoms with Crippen LogP contribution in [-0.2, 0) is 6.54 Å². The molecule has 1 nitrogen and oxygen atoms in total. The van der Waals surface area contributed by atoms with E-state index < -0.39 is 144 Å². The van der Waals surface area contributed by atoms with Crippen LogP contribution in [0.1, 0.15) is 5.56 Å². The summed E-state index contributed by atoms with van der Waals surface area (Å²) in [5.41, 5.74) is -11.9. The maximum absolute atomic E-state index is 15.4. The fourth-order valence-corrected chi connectivity index (χ4v) is 7.20. The van der Waals surface area contributed by atoms with Gasteiger partial charge in [-0.25, -0.2) is 87.8 Å². The third kappa shape index (κ3) is 7.26. The van der Waals surface area contributed by atoms with E-state index >= 15 is 35.1 Å². The Morgan fingerprint density at radius 1 is 0.349 bits per heavy atom. The lowest BCUT2D eigenvalue weighted by Gasteiger charge is -2.44. The molecule has 7 aromatic rings. The van der Waals surface area contributed by atoms with Crippen molar-refractivity contribution in [3.63, 3.8) is 0 Å². The van der Waals surface area contributed by atoms with E-state index in [9.17, 15) is 52.7 Å². The summed E-state index contributed by atoms with van der Waals surface area (Å²) in [7, 11) is 0. The first-order valence-electron chi connectivity index (χ1n) is 16.9. The van der Waals surface area contributed by atoms with Crippen LogP contribution in [0.15, 0.2) is 66.9 Å². The van der Waals surface area contributed by atoms with Crippen LogP contribution in [-0.4, -0.2) is 6.15 Å². The normalized spacial score (nSPS) is 11.6. The van der Waals surface area contributed by atoms with Gasteiger partial charge in [-0.05, 0) is 18.2 Å². The maximum Gasteiger partial charge on any atom is 0.214 e. The highest BCUT2D eigenvalue weighted by molar-refractivity contribution is 7.20. The molecule has 0 radical (unpaired) electrons. The van der Waals surface area contributed by atoms with Gasteiger partial charge < -0.3 is 0 Å². The fourth-order valence-electron chi connectivity index (χ4n) is 7.03. The quantitative estimate of drug-likeness (QED) is 0.0515. The molecule has 0 atom stereocenters. The van der Waals surface area contributed by atoms with E-state index in [0.717, 1.165) is 17.1 Å². The Balaban J connectivity index is 0.000000302. The number of hydrogen-bond acceptors (Lipinski definition) is 0. The zero-order valence-corrected chi connectivity index (χ0v) is 30.8. The van der Waals surface area contributed by atoms with Gasteiger partial charge in [0.05, 0.1) is 0 Å². The lowest BCUT2D eigenvalue weighted by molar-refractivity contribution is -0.662. The van der Waals surface area contributed by atoms with Crippen molar-refractivity contribution in [3.8, 4) is 0 Å². The molecule has 1 heterocycles. The molecule has 7 rings (SSSR count). The third-order valence-corrected chi connectivity index (χ3v) is 9.98. The molecule has 0 amide bonds. The second-order valence-electron chi connectivity index (χ2n) is 13.1. The van der Waals surface area contributed by atoms with E-state index in [1.165, 1.54) is 10.9 Å². The minimum absolute atomic E-state index is 0.774. The molecule has 0 aliphatic rings. The van der Waals surface area contributed by atoms with Crippen molar-refractivity contribution in [1.29, 1.82) is 0 Å². The highest BCUT2D eigenvalue weighted by Gasteiger charge is 2.52. The van der Waals surface area contributed by atoms with Crippen LogP contribution in [0.2, 0.25) is 5.02 Å². The molecule has 0 unspecified atom stereocenters. The van der Waals surface area contributed by atoms with Crippen LogP contribution in [0.4, 0.5) is 87.8 Å². The van der Waals surface area contributed by atoms with Crippen LogP contribution in [0, 0.1) is 116 Å². The van der Waals surface area contributed by atoms with E-state index in [-0.39, 0.29) is 0 Å². The van der Waals surface area contributed by atoms with E-state index in [1.807, 2.05) is 18.2 Å². The van der Waals surface area contributed by atoms with Crippen LogP contribution in [0.3, 0.4) is 0 Å². The Bertz CT molecular complexity index is 2620. The molecular formula is C40H13BClF20N. The van der Waals surface area contributed by atoms with Crippen LogP contribution in [0.25, 0.3) is 10.9 Å². The van der Waals surface area contributed by atoms with Gasteiger partial charge in [-0.1, -0.05) is 41.9 Å². The topological polar surface area (TPSA) is 3.88 Å². The summed E-state index contributed by atoms with van der Waals surface area (Å²) in [6.45, 7) is 0.860. The Morgan fingerprint density at radius 3 is 0.968 bits per heavy atom. The predicted octanol–water partition coefficient (Wildman–Crippen LogP) is 9.67. The van der Waals surface area contributed by atoms with Gasteiger partial charge in [-0.3, -0.25) is 0 Å². The second-order valence-corrected chi connectivity index (χ2v) is 13.6. The predicted molar refractivity (Wildman–Crippen MR) is 184 cm³/mol. The van der Waals surface area contributed by atoms with Crippen molar-refractivity contribution in [2.45, 2.75) is 6.54 Å². The summed E-state index contributed by atoms with van der Waals surface area (Å²) < 4.78 is 296. The molecule has 0 saturated heterocycles. The standard InChI is InChI=1S/C24BF20.C16H13ClN/c26-5-1(6(27)14(35)21(42)13(5)34)25(2-7(28)15(36)22(43)16(37)8(2)29,3-9(30)17(38)23(44)18(39)10(3)31)4-11(32)19(40)24(45)20(41)12(4)33;17-15-9-8-14-7-4-10-18(16(14)11-15)12-13-5-2-1-3-6-13/h;1-11H,12H2/q-1;+1. The van der Waals surface area contributed by atoms with Gasteiger partial charge in [-0.2, -0.15) is 4.57 Å². The molecule has 0 aliphatic heterocycles. The molecule has 6 aromatic carbocycles. The number of rotatable bonds is 6. The first kappa shape index (κ1) is 46.2. The van der Waals surface area contributed by atoms with Crippen molar-refractivity contribution in [2.24, 2.45) is 0 Å². The molecule has 0 bridgehead atoms. The maximum atomic E-state index is 15.4. The average molecular weight is 934 g/mol. The summed E-state index contributed by atoms with van der Waals surface area (Å²) in [5.74, 6) is -71.4. The highest BCUT2D eigenvalue weighted by atomic mass is 35.5. The molecule has 0 fully saturated rings. The molecule has 328 valence electrons. The largest absolute Gasteiger partial charge is 0.214 e. The monoisotopic (exact) mass is 933 g/mol. The zero-order chi connectivity index (χ0) is 46.7. The zero-order valence-electron chi connectivity index (χ0n) is 30.0. The van der Waals surface area contributed by atoms with Crippen LogP contribution in [0.5, 0.6) is 0 Å². The number of aromatic nitrogens is 1. The number of fused-ring (bicyclic) bond motifs is 1. The minimum Gasteiger partial charge on any atom is -0.207 e. The van der Waals surface area contributed by atoms with Gasteiger partial charge in [0.15, 0.2) is 82.5 Å². The van der Waals surface area contributed by atoms with Crippen molar-refractivity contribution in [2.75, 3.05) is 0 Å². The number of benzene rings is 6. The smallest absolute Gasteiger partial charge is 0.207 e. The molecule has 0 N–H and O–H groups in total. The van der Waals surface area contributed by atoms with Crippen molar-refractivity contribution in [3.05, 3.63) is 194 Å². The van der Waals surface area contributed by atoms with E-state index in [1.54, 1.807) is 0 Å². The number of nitrogens with zero attached hydrogens (tertiary/aromatic N) is 1. The van der Waals surface area contributed by atoms with Crippen LogP contribution >= 0.6 is 11.6 Å². The molecule has 0 saturated carbocycles. The van der Waals surface area contributed by atoms with Gasteiger partial charge in [-0.15, -0.1) is 21.9 Å². The molecule has 63 heavy (non-hydrogen) atoms. The van der Waals surface area contributed by atoms with Gasteiger partial charge in [0.1, 0.15) is 52.7 Å². The lowest BCUT2D eigenvalue weighted by atomic mass is 9.12. The summed E-state index contributed by atoms with van der Waals surface area (Å²) in [4.78, 5) is 0. The Kier molecular flexibility index (Phi) is 12.5. The van der Waals surface area contributed by atoms with E-state index in [0.29, 0.717) is 0 Å². The second kappa shape index (κ2) is 17.1. The Morgan fingerprint density at radius 2 is 0.651 bits per heavy atom. The van der Waals surface area contributed by atoms with Crippen LogP contribution < -0.4 is 26.4 Å². The summed E-state index contributed by atoms with van der Waals surface area (Å²) >= 11 is 6.08. The van der Waals surface area contributed by atoms with Crippen molar-refractivity contribution >= 4 is 50.5 Å². The lowest BCUT2D eigenvalue weighted by Crippen LogP contribution is -2.81. The number of hydrogen-bond donors (Lipinski definition) is 0. The summed E-state index contributed by atoms with van der Waals surface area (Å²) in [6, 6.07) is 20.6. The molecular weight excluding hydrogens is 921 g/mol. The Labute approximate surface area is 342 Å². The van der Waals surface area contributed by atoms with E-state index in [4.69, 9.17) is 11.6 Å². The summed E-state index contributed by atoms with van der Waals surface area (Å²) in [6.07, 6.45) is -5.13. The molecule has 0 spiro atoms. The first-order valence-corrected chi connectivity index (χ1v) is 17.3. The van der Waals surface area contributed by atoms with Gasteiger partial charge in [0, 0.05) is 28.1 Å². The number of halogens is 21. The van der Waals surface area contributed by atoms with Gasteiger partial charge >= 0.3 is 0 Å². The van der Waals surface area contributed by atoms with E-state index in [2.05, 4.69) is 53.2 Å². The molecule has 1 aromatic heterocycles. The number of pyridine rings is 1. The van der Waals surface area contributed by atoms with Crippen molar-refractivity contribution in [1.82, 2.24) is 0 Å². The molecule has 0 aliphatic carbocycles.